The zero-order valence-corrected chi connectivity index (χ0v) is 39.3. The Morgan fingerprint density at radius 3 is 1.32 bits per heavy atom. The highest BCUT2D eigenvalue weighted by Crippen LogP contribution is 2.42. The van der Waals surface area contributed by atoms with E-state index >= 15 is 0 Å². The molecule has 0 amide bonds. The summed E-state index contributed by atoms with van der Waals surface area (Å²) in [4.78, 5) is 2.34. The molecule has 0 aliphatic carbocycles. The predicted molar refractivity (Wildman–Crippen MR) is 303 cm³/mol. The number of furan rings is 1. The van der Waals surface area contributed by atoms with Gasteiger partial charge in [0.25, 0.3) is 0 Å². The minimum absolute atomic E-state index is 0.899. The monoisotopic (exact) mass is 919 g/mol. The molecular formula is C68H45N3O. The van der Waals surface area contributed by atoms with Crippen LogP contribution in [0.5, 0.6) is 0 Å². The predicted octanol–water partition coefficient (Wildman–Crippen LogP) is 18.9. The Balaban J connectivity index is 0.808. The maximum atomic E-state index is 6.46. The van der Waals surface area contributed by atoms with E-state index in [0.29, 0.717) is 0 Å². The van der Waals surface area contributed by atoms with Gasteiger partial charge in [0.05, 0.1) is 22.1 Å². The Kier molecular flexibility index (Phi) is 9.65. The molecule has 0 saturated heterocycles. The molecule has 0 unspecified atom stereocenters. The molecule has 11 aromatic carbocycles. The van der Waals surface area contributed by atoms with Gasteiger partial charge in [-0.25, -0.2) is 0 Å². The number of para-hydroxylation sites is 5. The van der Waals surface area contributed by atoms with Crippen molar-refractivity contribution in [2.24, 2.45) is 0 Å². The van der Waals surface area contributed by atoms with Crippen molar-refractivity contribution in [1.29, 1.82) is 0 Å². The van der Waals surface area contributed by atoms with Gasteiger partial charge in [-0.3, -0.25) is 0 Å². The van der Waals surface area contributed by atoms with Crippen LogP contribution in [0.1, 0.15) is 5.56 Å². The first-order valence-electron chi connectivity index (χ1n) is 24.5. The molecule has 72 heavy (non-hydrogen) atoms. The molecule has 0 fully saturated rings. The quantitative estimate of drug-likeness (QED) is 0.144. The number of fused-ring (bicyclic) bond motifs is 9. The SMILES string of the molecule is C=Cc1ccc(-n2c3ccccc3c3cc(-c4ccc(-c5ccc(N(c6ccc(-c7cccc8c7oc7ccccc78)cc6)c6ccc(-n7c8ccccc8c8ccccc87)cc6)cc5)cc4)ccc32)cc1. The molecule has 14 rings (SSSR count). The van der Waals surface area contributed by atoms with Crippen molar-refractivity contribution in [2.45, 2.75) is 0 Å². The van der Waals surface area contributed by atoms with Crippen LogP contribution in [0.2, 0.25) is 0 Å². The van der Waals surface area contributed by atoms with Crippen molar-refractivity contribution in [3.05, 3.63) is 267 Å². The highest BCUT2D eigenvalue weighted by atomic mass is 16.3. The minimum Gasteiger partial charge on any atom is -0.455 e. The Labute approximate surface area is 416 Å². The van der Waals surface area contributed by atoms with Gasteiger partial charge in [-0.2, -0.15) is 0 Å². The Morgan fingerprint density at radius 2 is 0.750 bits per heavy atom. The third-order valence-electron chi connectivity index (χ3n) is 14.5. The number of aromatic nitrogens is 2. The molecule has 0 radical (unpaired) electrons. The average Bonchev–Trinajstić information content (AvgIpc) is 4.12. The molecule has 0 saturated carbocycles. The fraction of sp³-hybridized carbons (Fsp3) is 0. The maximum absolute atomic E-state index is 6.46. The molecule has 0 N–H and O–H groups in total. The van der Waals surface area contributed by atoms with E-state index < -0.39 is 0 Å². The minimum atomic E-state index is 0.899. The van der Waals surface area contributed by atoms with Gasteiger partial charge in [0.2, 0.25) is 0 Å². The summed E-state index contributed by atoms with van der Waals surface area (Å²) in [5.74, 6) is 0. The van der Waals surface area contributed by atoms with Gasteiger partial charge in [-0.15, -0.1) is 0 Å². The summed E-state index contributed by atoms with van der Waals surface area (Å²) in [6, 6.07) is 91.9. The largest absolute Gasteiger partial charge is 0.455 e. The molecule has 0 aliphatic heterocycles. The number of anilines is 3. The van der Waals surface area contributed by atoms with Crippen molar-refractivity contribution in [3.63, 3.8) is 0 Å². The second-order valence-electron chi connectivity index (χ2n) is 18.6. The molecular weight excluding hydrogens is 875 g/mol. The fourth-order valence-electron chi connectivity index (χ4n) is 11.0. The molecule has 4 nitrogen and oxygen atoms in total. The fourth-order valence-corrected chi connectivity index (χ4v) is 11.0. The first-order chi connectivity index (χ1) is 35.6. The van der Waals surface area contributed by atoms with Crippen LogP contribution in [0.25, 0.3) is 116 Å². The zero-order chi connectivity index (χ0) is 47.7. The third kappa shape index (κ3) is 6.76. The Hall–Kier alpha value is -9.64. The highest BCUT2D eigenvalue weighted by molar-refractivity contribution is 6.12. The van der Waals surface area contributed by atoms with Crippen molar-refractivity contribution in [3.8, 4) is 44.8 Å². The summed E-state index contributed by atoms with van der Waals surface area (Å²) < 4.78 is 11.2. The summed E-state index contributed by atoms with van der Waals surface area (Å²) in [5, 5.41) is 7.23. The van der Waals surface area contributed by atoms with E-state index in [9.17, 15) is 0 Å². The van der Waals surface area contributed by atoms with Crippen molar-refractivity contribution < 1.29 is 4.42 Å². The van der Waals surface area contributed by atoms with Crippen LogP contribution in [-0.4, -0.2) is 9.13 Å². The lowest BCUT2D eigenvalue weighted by Gasteiger charge is -2.26. The lowest BCUT2D eigenvalue weighted by molar-refractivity contribution is 0.670. The van der Waals surface area contributed by atoms with Gasteiger partial charge in [-0.1, -0.05) is 170 Å². The van der Waals surface area contributed by atoms with Crippen LogP contribution in [0.15, 0.2) is 266 Å². The van der Waals surface area contributed by atoms with Crippen molar-refractivity contribution in [2.75, 3.05) is 4.90 Å². The van der Waals surface area contributed by atoms with Gasteiger partial charge in [0.1, 0.15) is 11.2 Å². The zero-order valence-electron chi connectivity index (χ0n) is 39.3. The van der Waals surface area contributed by atoms with E-state index in [-0.39, 0.29) is 0 Å². The van der Waals surface area contributed by atoms with Gasteiger partial charge >= 0.3 is 0 Å². The van der Waals surface area contributed by atoms with Crippen LogP contribution >= 0.6 is 0 Å². The van der Waals surface area contributed by atoms with Gasteiger partial charge in [0, 0.05) is 66.3 Å². The molecule has 14 aromatic rings. The molecule has 0 aliphatic rings. The summed E-state index contributed by atoms with van der Waals surface area (Å²) >= 11 is 0. The summed E-state index contributed by atoms with van der Waals surface area (Å²) in [6.07, 6.45) is 1.89. The topological polar surface area (TPSA) is 26.2 Å². The van der Waals surface area contributed by atoms with Crippen LogP contribution in [-0.2, 0) is 0 Å². The van der Waals surface area contributed by atoms with E-state index in [0.717, 1.165) is 78.2 Å². The van der Waals surface area contributed by atoms with Crippen molar-refractivity contribution in [1.82, 2.24) is 9.13 Å². The molecule has 0 bridgehead atoms. The standard InChI is InChI=1S/C68H45N3O/c1-2-45-22-33-54(34-23-45)71-65-20-9-5-14-59(65)62-44-50(32-43-66(62)71)48-26-24-46(25-27-48)47-28-35-51(36-29-47)69(52-37-30-49(31-38-52)56-16-11-17-61-60-15-6-10-21-67(60)72-68(56)61)53-39-41-55(42-40-53)70-63-18-7-3-12-57(63)58-13-4-8-19-64(58)70/h2-44H,1H2. The molecule has 3 heterocycles. The van der Waals surface area contributed by atoms with E-state index in [2.05, 4.69) is 263 Å². The molecule has 0 spiro atoms. The van der Waals surface area contributed by atoms with E-state index in [1.165, 1.54) is 54.7 Å². The van der Waals surface area contributed by atoms with Crippen LogP contribution in [0.4, 0.5) is 17.1 Å². The van der Waals surface area contributed by atoms with E-state index in [1.807, 2.05) is 18.2 Å². The smallest absolute Gasteiger partial charge is 0.143 e. The number of nitrogens with zero attached hydrogens (tertiary/aromatic N) is 3. The third-order valence-corrected chi connectivity index (χ3v) is 14.5. The molecule has 3 aromatic heterocycles. The molecule has 338 valence electrons. The number of benzene rings is 11. The maximum Gasteiger partial charge on any atom is 0.143 e. The number of rotatable bonds is 9. The normalized spacial score (nSPS) is 11.7. The van der Waals surface area contributed by atoms with Gasteiger partial charge in [-0.05, 0) is 130 Å². The molecule has 0 atom stereocenters. The van der Waals surface area contributed by atoms with Gasteiger partial charge < -0.3 is 18.5 Å². The average molecular weight is 920 g/mol. The highest BCUT2D eigenvalue weighted by Gasteiger charge is 2.18. The second kappa shape index (κ2) is 16.8. The van der Waals surface area contributed by atoms with E-state index in [4.69, 9.17) is 4.42 Å². The van der Waals surface area contributed by atoms with Crippen LogP contribution in [0, 0.1) is 0 Å². The Bertz CT molecular complexity index is 4310. The first-order valence-corrected chi connectivity index (χ1v) is 24.5. The van der Waals surface area contributed by atoms with Crippen molar-refractivity contribution >= 4 is 88.7 Å². The van der Waals surface area contributed by atoms with Crippen LogP contribution < -0.4 is 4.90 Å². The van der Waals surface area contributed by atoms with Crippen LogP contribution in [0.3, 0.4) is 0 Å². The first kappa shape index (κ1) is 41.3. The summed E-state index contributed by atoms with van der Waals surface area (Å²) in [6.45, 7) is 3.94. The second-order valence-corrected chi connectivity index (χ2v) is 18.6. The lowest BCUT2D eigenvalue weighted by atomic mass is 9.98. The lowest BCUT2D eigenvalue weighted by Crippen LogP contribution is -2.10. The summed E-state index contributed by atoms with van der Waals surface area (Å²) in [5.41, 5.74) is 20.0. The number of hydrogen-bond acceptors (Lipinski definition) is 2. The molecule has 4 heteroatoms. The Morgan fingerprint density at radius 1 is 0.333 bits per heavy atom. The van der Waals surface area contributed by atoms with E-state index in [1.54, 1.807) is 0 Å². The summed E-state index contributed by atoms with van der Waals surface area (Å²) in [7, 11) is 0. The number of hydrogen-bond donors (Lipinski definition) is 0. The van der Waals surface area contributed by atoms with Gasteiger partial charge in [0.15, 0.2) is 0 Å².